The summed E-state index contributed by atoms with van der Waals surface area (Å²) < 4.78 is 1.17. The Kier molecular flexibility index (Phi) is 6.29. The molecule has 0 spiro atoms. The number of hydrogen-bond acceptors (Lipinski definition) is 4. The second-order valence-corrected chi connectivity index (χ2v) is 6.42. The lowest BCUT2D eigenvalue weighted by atomic mass is 10.4. The molecule has 86 valence electrons. The maximum Gasteiger partial charge on any atom is 0.0602 e. The maximum absolute atomic E-state index is 5.56. The fourth-order valence-electron chi connectivity index (χ4n) is 1.56. The van der Waals surface area contributed by atoms with Crippen molar-refractivity contribution in [3.63, 3.8) is 0 Å². The fourth-order valence-corrected chi connectivity index (χ4v) is 3.54. The number of allylic oxidation sites excluding steroid dienone is 1. The van der Waals surface area contributed by atoms with Crippen LogP contribution in [0.5, 0.6) is 0 Å². The molecular weight excluding hydrogens is 224 g/mol. The van der Waals surface area contributed by atoms with Crippen LogP contribution in [0.4, 0.5) is 0 Å². The quantitative estimate of drug-likeness (QED) is 0.778. The van der Waals surface area contributed by atoms with E-state index in [9.17, 15) is 0 Å². The average molecular weight is 244 g/mol. The van der Waals surface area contributed by atoms with Crippen LogP contribution in [-0.2, 0) is 0 Å². The molecular formula is C11H20N2S2. The van der Waals surface area contributed by atoms with Gasteiger partial charge in [-0.05, 0) is 37.8 Å². The van der Waals surface area contributed by atoms with Crippen molar-refractivity contribution in [2.75, 3.05) is 25.4 Å². The fraction of sp³-hybridized carbons (Fsp3) is 0.636. The van der Waals surface area contributed by atoms with E-state index in [-0.39, 0.29) is 0 Å². The van der Waals surface area contributed by atoms with Crippen LogP contribution < -0.4 is 5.73 Å². The standard InChI is InChI=1S/C11H20N2S2/c1-10(2)15-11(9-12)14-8-7-13-5-3-4-6-13/h9H,1,3-8,12H2,2H3/b11-9-. The van der Waals surface area contributed by atoms with E-state index < -0.39 is 0 Å². The topological polar surface area (TPSA) is 29.3 Å². The van der Waals surface area contributed by atoms with Gasteiger partial charge in [-0.25, -0.2) is 0 Å². The summed E-state index contributed by atoms with van der Waals surface area (Å²) in [4.78, 5) is 3.62. The molecule has 0 unspecified atom stereocenters. The minimum atomic E-state index is 1.10. The SMILES string of the molecule is C=C(C)S/C(=C\N)SCCN1CCCC1. The van der Waals surface area contributed by atoms with E-state index in [1.807, 2.05) is 18.7 Å². The molecule has 1 rings (SSSR count). The average Bonchev–Trinajstić information content (AvgIpc) is 2.68. The predicted octanol–water partition coefficient (Wildman–Crippen LogP) is 2.84. The van der Waals surface area contributed by atoms with Gasteiger partial charge in [-0.3, -0.25) is 0 Å². The van der Waals surface area contributed by atoms with Gasteiger partial charge < -0.3 is 10.6 Å². The Morgan fingerprint density at radius 3 is 2.67 bits per heavy atom. The van der Waals surface area contributed by atoms with Crippen LogP contribution in [0.2, 0.25) is 0 Å². The first kappa shape index (κ1) is 13.0. The van der Waals surface area contributed by atoms with Crippen LogP contribution in [0, 0.1) is 0 Å². The molecule has 0 saturated carbocycles. The summed E-state index contributed by atoms with van der Waals surface area (Å²) in [5.74, 6) is 1.13. The predicted molar refractivity (Wildman–Crippen MR) is 72.8 cm³/mol. The number of likely N-dealkylation sites (tertiary alicyclic amines) is 1. The van der Waals surface area contributed by atoms with Gasteiger partial charge in [0.1, 0.15) is 0 Å². The van der Waals surface area contributed by atoms with Crippen LogP contribution in [0.15, 0.2) is 21.9 Å². The van der Waals surface area contributed by atoms with Gasteiger partial charge in [0.05, 0.1) is 4.24 Å². The Labute approximate surface area is 101 Å². The summed E-state index contributed by atoms with van der Waals surface area (Å²) in [6.45, 7) is 9.61. The second kappa shape index (κ2) is 7.25. The van der Waals surface area contributed by atoms with Crippen molar-refractivity contribution in [2.45, 2.75) is 19.8 Å². The van der Waals surface area contributed by atoms with Gasteiger partial charge in [-0.2, -0.15) is 0 Å². The Balaban J connectivity index is 2.14. The van der Waals surface area contributed by atoms with E-state index in [2.05, 4.69) is 11.5 Å². The molecule has 0 aromatic heterocycles. The largest absolute Gasteiger partial charge is 0.403 e. The molecule has 15 heavy (non-hydrogen) atoms. The third-order valence-corrected chi connectivity index (χ3v) is 4.36. The van der Waals surface area contributed by atoms with Gasteiger partial charge >= 0.3 is 0 Å². The molecule has 0 aromatic carbocycles. The van der Waals surface area contributed by atoms with Gasteiger partial charge in [0, 0.05) is 18.5 Å². The van der Waals surface area contributed by atoms with Gasteiger partial charge in [-0.15, -0.1) is 11.8 Å². The van der Waals surface area contributed by atoms with E-state index in [4.69, 9.17) is 5.73 Å². The molecule has 2 N–H and O–H groups in total. The van der Waals surface area contributed by atoms with Crippen molar-refractivity contribution >= 4 is 23.5 Å². The van der Waals surface area contributed by atoms with Crippen molar-refractivity contribution in [3.05, 3.63) is 21.9 Å². The van der Waals surface area contributed by atoms with Gasteiger partial charge in [0.15, 0.2) is 0 Å². The lowest BCUT2D eigenvalue weighted by molar-refractivity contribution is 0.362. The van der Waals surface area contributed by atoms with Crippen LogP contribution in [0.25, 0.3) is 0 Å². The molecule has 4 heteroatoms. The lowest BCUT2D eigenvalue weighted by Gasteiger charge is -2.14. The minimum Gasteiger partial charge on any atom is -0.403 e. The molecule has 1 saturated heterocycles. The molecule has 0 aromatic rings. The summed E-state index contributed by atoms with van der Waals surface area (Å²) in [5, 5.41) is 0. The molecule has 2 nitrogen and oxygen atoms in total. The number of hydrogen-bond donors (Lipinski definition) is 1. The molecule has 1 fully saturated rings. The van der Waals surface area contributed by atoms with E-state index >= 15 is 0 Å². The molecule has 0 atom stereocenters. The Hall–Kier alpha value is -0.0600. The second-order valence-electron chi connectivity index (χ2n) is 3.69. The highest BCUT2D eigenvalue weighted by Crippen LogP contribution is 2.32. The summed E-state index contributed by atoms with van der Waals surface area (Å²) in [6, 6.07) is 0. The third kappa shape index (κ3) is 5.54. The Morgan fingerprint density at radius 2 is 2.13 bits per heavy atom. The molecule has 1 heterocycles. The zero-order valence-corrected chi connectivity index (χ0v) is 11.0. The molecule has 0 bridgehead atoms. The maximum atomic E-state index is 5.56. The molecule has 0 radical (unpaired) electrons. The highest BCUT2D eigenvalue weighted by Gasteiger charge is 2.10. The first-order valence-corrected chi connectivity index (χ1v) is 7.13. The van der Waals surface area contributed by atoms with E-state index in [1.54, 1.807) is 18.0 Å². The Bertz CT molecular complexity index is 233. The zero-order chi connectivity index (χ0) is 11.1. The molecule has 0 aliphatic carbocycles. The monoisotopic (exact) mass is 244 g/mol. The van der Waals surface area contributed by atoms with E-state index in [0.717, 1.165) is 10.7 Å². The van der Waals surface area contributed by atoms with Crippen molar-refractivity contribution < 1.29 is 0 Å². The Morgan fingerprint density at radius 1 is 1.47 bits per heavy atom. The summed E-state index contributed by atoms with van der Waals surface area (Å²) in [7, 11) is 0. The smallest absolute Gasteiger partial charge is 0.0602 e. The highest BCUT2D eigenvalue weighted by molar-refractivity contribution is 8.23. The zero-order valence-electron chi connectivity index (χ0n) is 9.37. The van der Waals surface area contributed by atoms with Crippen LogP contribution in [0.1, 0.15) is 19.8 Å². The number of rotatable bonds is 6. The van der Waals surface area contributed by atoms with Crippen LogP contribution in [0.3, 0.4) is 0 Å². The van der Waals surface area contributed by atoms with Gasteiger partial charge in [0.25, 0.3) is 0 Å². The van der Waals surface area contributed by atoms with Crippen molar-refractivity contribution in [1.82, 2.24) is 4.90 Å². The molecule has 1 aliphatic rings. The van der Waals surface area contributed by atoms with Crippen LogP contribution in [-0.4, -0.2) is 30.3 Å². The summed E-state index contributed by atoms with van der Waals surface area (Å²) >= 11 is 3.50. The lowest BCUT2D eigenvalue weighted by Crippen LogP contribution is -2.21. The summed E-state index contributed by atoms with van der Waals surface area (Å²) in [5.41, 5.74) is 5.56. The first-order chi connectivity index (χ1) is 7.22. The first-order valence-electron chi connectivity index (χ1n) is 5.33. The van der Waals surface area contributed by atoms with E-state index in [0.29, 0.717) is 0 Å². The summed E-state index contributed by atoms with van der Waals surface area (Å²) in [6.07, 6.45) is 4.42. The van der Waals surface area contributed by atoms with Crippen molar-refractivity contribution in [3.8, 4) is 0 Å². The van der Waals surface area contributed by atoms with E-state index in [1.165, 1.54) is 36.7 Å². The number of nitrogens with two attached hydrogens (primary N) is 1. The number of thioether (sulfide) groups is 2. The normalized spacial score (nSPS) is 18.3. The third-order valence-electron chi connectivity index (χ3n) is 2.26. The van der Waals surface area contributed by atoms with Crippen LogP contribution >= 0.6 is 23.5 Å². The highest BCUT2D eigenvalue weighted by atomic mass is 32.2. The van der Waals surface area contributed by atoms with Gasteiger partial charge in [-0.1, -0.05) is 18.3 Å². The molecule has 1 aliphatic heterocycles. The van der Waals surface area contributed by atoms with Gasteiger partial charge in [0.2, 0.25) is 0 Å². The van der Waals surface area contributed by atoms with Crippen molar-refractivity contribution in [2.24, 2.45) is 5.73 Å². The molecule has 0 amide bonds. The minimum absolute atomic E-state index is 1.10. The number of nitrogens with zero attached hydrogens (tertiary/aromatic N) is 1. The van der Waals surface area contributed by atoms with Crippen molar-refractivity contribution in [1.29, 1.82) is 0 Å².